The number of rotatable bonds is 5. The normalized spacial score (nSPS) is 10.2. The molecule has 0 bridgehead atoms. The minimum absolute atomic E-state index is 0.788. The Balaban J connectivity index is 2.15. The van der Waals surface area contributed by atoms with Crippen LogP contribution in [-0.4, -0.2) is 13.1 Å². The van der Waals surface area contributed by atoms with Crippen LogP contribution < -0.4 is 11.1 Å². The molecule has 1 rings (SSSR count). The summed E-state index contributed by atoms with van der Waals surface area (Å²) in [5, 5.41) is 6.63. The second-order valence-electron chi connectivity index (χ2n) is 2.55. The molecule has 1 heterocycles. The van der Waals surface area contributed by atoms with Gasteiger partial charge in [0, 0.05) is 16.4 Å². The summed E-state index contributed by atoms with van der Waals surface area (Å²) in [5.74, 6) is 0. The molecule has 68 valence electrons. The van der Waals surface area contributed by atoms with Crippen LogP contribution in [0.5, 0.6) is 0 Å². The van der Waals surface area contributed by atoms with E-state index in [1.54, 1.807) is 11.3 Å². The van der Waals surface area contributed by atoms with Crippen molar-refractivity contribution in [3.63, 3.8) is 0 Å². The summed E-state index contributed by atoms with van der Waals surface area (Å²) < 4.78 is 1.15. The van der Waals surface area contributed by atoms with E-state index in [9.17, 15) is 0 Å². The molecule has 1 aromatic rings. The first kappa shape index (κ1) is 10.0. The summed E-state index contributed by atoms with van der Waals surface area (Å²) in [6, 6.07) is 2.09. The number of hydrogen-bond acceptors (Lipinski definition) is 3. The van der Waals surface area contributed by atoms with Crippen molar-refractivity contribution in [1.29, 1.82) is 0 Å². The minimum Gasteiger partial charge on any atom is -0.377 e. The van der Waals surface area contributed by atoms with Crippen LogP contribution in [0.2, 0.25) is 0 Å². The third kappa shape index (κ3) is 3.56. The second kappa shape index (κ2) is 5.56. The van der Waals surface area contributed by atoms with E-state index in [0.29, 0.717) is 0 Å². The Morgan fingerprint density at radius 1 is 1.50 bits per heavy atom. The van der Waals surface area contributed by atoms with Crippen LogP contribution in [0.4, 0.5) is 5.00 Å². The first-order valence-electron chi connectivity index (χ1n) is 4.01. The fourth-order valence-electron chi connectivity index (χ4n) is 0.887. The molecule has 0 fully saturated rings. The van der Waals surface area contributed by atoms with E-state index in [0.717, 1.165) is 30.4 Å². The SMILES string of the molecule is NCCCCNc1cc(Br)cs1. The molecule has 0 aliphatic rings. The average molecular weight is 249 g/mol. The van der Waals surface area contributed by atoms with Crippen molar-refractivity contribution in [2.75, 3.05) is 18.4 Å². The molecule has 0 amide bonds. The van der Waals surface area contributed by atoms with E-state index in [1.807, 2.05) is 0 Å². The van der Waals surface area contributed by atoms with E-state index in [2.05, 4.69) is 32.7 Å². The van der Waals surface area contributed by atoms with Crippen LogP contribution in [-0.2, 0) is 0 Å². The lowest BCUT2D eigenvalue weighted by atomic mass is 10.3. The number of unbranched alkanes of at least 4 members (excludes halogenated alkanes) is 1. The Bertz CT molecular complexity index is 225. The van der Waals surface area contributed by atoms with Crippen molar-refractivity contribution in [3.8, 4) is 0 Å². The monoisotopic (exact) mass is 248 g/mol. The highest BCUT2D eigenvalue weighted by molar-refractivity contribution is 9.10. The minimum atomic E-state index is 0.788. The predicted molar refractivity (Wildman–Crippen MR) is 58.8 cm³/mol. The third-order valence-electron chi connectivity index (χ3n) is 1.50. The highest BCUT2D eigenvalue weighted by atomic mass is 79.9. The summed E-state index contributed by atoms with van der Waals surface area (Å²) in [6.07, 6.45) is 2.24. The fraction of sp³-hybridized carbons (Fsp3) is 0.500. The van der Waals surface area contributed by atoms with Crippen molar-refractivity contribution in [1.82, 2.24) is 0 Å². The lowest BCUT2D eigenvalue weighted by molar-refractivity contribution is 0.775. The van der Waals surface area contributed by atoms with Gasteiger partial charge in [-0.05, 0) is 41.4 Å². The van der Waals surface area contributed by atoms with Gasteiger partial charge in [0.05, 0.1) is 5.00 Å². The van der Waals surface area contributed by atoms with Crippen LogP contribution in [0, 0.1) is 0 Å². The number of hydrogen-bond donors (Lipinski definition) is 2. The van der Waals surface area contributed by atoms with Gasteiger partial charge in [-0.25, -0.2) is 0 Å². The summed E-state index contributed by atoms with van der Waals surface area (Å²) in [7, 11) is 0. The molecule has 3 N–H and O–H groups in total. The van der Waals surface area contributed by atoms with Gasteiger partial charge in [-0.1, -0.05) is 0 Å². The Kier molecular flexibility index (Phi) is 4.65. The topological polar surface area (TPSA) is 38.0 Å². The standard InChI is InChI=1S/C8H13BrN2S/c9-7-5-8(12-6-7)11-4-2-1-3-10/h5-6,11H,1-4,10H2. The predicted octanol–water partition coefficient (Wildman–Crippen LogP) is 2.66. The van der Waals surface area contributed by atoms with Crippen molar-refractivity contribution in [2.45, 2.75) is 12.8 Å². The number of nitrogens with two attached hydrogens (primary N) is 1. The number of anilines is 1. The van der Waals surface area contributed by atoms with Crippen LogP contribution in [0.3, 0.4) is 0 Å². The maximum absolute atomic E-state index is 5.38. The Labute approximate surface area is 85.3 Å². The quantitative estimate of drug-likeness (QED) is 0.787. The molecule has 0 aliphatic heterocycles. The summed E-state index contributed by atoms with van der Waals surface area (Å²) >= 11 is 5.12. The molecule has 1 aromatic heterocycles. The van der Waals surface area contributed by atoms with E-state index in [1.165, 1.54) is 5.00 Å². The van der Waals surface area contributed by atoms with Crippen LogP contribution in [0.1, 0.15) is 12.8 Å². The van der Waals surface area contributed by atoms with Crippen LogP contribution in [0.25, 0.3) is 0 Å². The maximum atomic E-state index is 5.38. The molecule has 4 heteroatoms. The lowest BCUT2D eigenvalue weighted by Gasteiger charge is -2.00. The third-order valence-corrected chi connectivity index (χ3v) is 3.15. The highest BCUT2D eigenvalue weighted by Crippen LogP contribution is 2.24. The summed E-state index contributed by atoms with van der Waals surface area (Å²) in [6.45, 7) is 1.81. The smallest absolute Gasteiger partial charge is 0.0894 e. The van der Waals surface area contributed by atoms with Crippen molar-refractivity contribution in [3.05, 3.63) is 15.9 Å². The van der Waals surface area contributed by atoms with E-state index in [4.69, 9.17) is 5.73 Å². The van der Waals surface area contributed by atoms with E-state index >= 15 is 0 Å². The molecule has 0 spiro atoms. The van der Waals surface area contributed by atoms with Crippen molar-refractivity contribution in [2.24, 2.45) is 5.73 Å². The molecule has 0 unspecified atom stereocenters. The van der Waals surface area contributed by atoms with Crippen LogP contribution in [0.15, 0.2) is 15.9 Å². The van der Waals surface area contributed by atoms with Gasteiger partial charge in [-0.3, -0.25) is 0 Å². The zero-order valence-corrected chi connectivity index (χ0v) is 9.25. The molecule has 2 nitrogen and oxygen atoms in total. The van der Waals surface area contributed by atoms with Crippen molar-refractivity contribution >= 4 is 32.3 Å². The molecule has 0 aliphatic carbocycles. The van der Waals surface area contributed by atoms with Gasteiger partial charge in [0.15, 0.2) is 0 Å². The molecule has 0 radical (unpaired) electrons. The van der Waals surface area contributed by atoms with Crippen molar-refractivity contribution < 1.29 is 0 Å². The number of thiophene rings is 1. The second-order valence-corrected chi connectivity index (χ2v) is 4.38. The number of nitrogens with one attached hydrogen (secondary N) is 1. The molecule has 0 aromatic carbocycles. The van der Waals surface area contributed by atoms with Gasteiger partial charge in [0.1, 0.15) is 0 Å². The van der Waals surface area contributed by atoms with E-state index in [-0.39, 0.29) is 0 Å². The van der Waals surface area contributed by atoms with Crippen LogP contribution >= 0.6 is 27.3 Å². The van der Waals surface area contributed by atoms with Gasteiger partial charge in [-0.15, -0.1) is 11.3 Å². The summed E-state index contributed by atoms with van der Waals surface area (Å²) in [4.78, 5) is 0. The first-order chi connectivity index (χ1) is 5.83. The molecular weight excluding hydrogens is 236 g/mol. The van der Waals surface area contributed by atoms with Gasteiger partial charge in [0.2, 0.25) is 0 Å². The Morgan fingerprint density at radius 3 is 2.92 bits per heavy atom. The Morgan fingerprint density at radius 2 is 2.33 bits per heavy atom. The molecular formula is C8H13BrN2S. The molecule has 0 atom stereocenters. The fourth-order valence-corrected chi connectivity index (χ4v) is 2.24. The molecule has 12 heavy (non-hydrogen) atoms. The molecule has 0 saturated heterocycles. The lowest BCUT2D eigenvalue weighted by Crippen LogP contribution is -2.04. The van der Waals surface area contributed by atoms with Gasteiger partial charge >= 0.3 is 0 Å². The van der Waals surface area contributed by atoms with Gasteiger partial charge in [0.25, 0.3) is 0 Å². The molecule has 0 saturated carbocycles. The number of halogens is 1. The zero-order valence-electron chi connectivity index (χ0n) is 6.85. The van der Waals surface area contributed by atoms with Gasteiger partial charge < -0.3 is 11.1 Å². The maximum Gasteiger partial charge on any atom is 0.0894 e. The Hall–Kier alpha value is -0.0600. The van der Waals surface area contributed by atoms with E-state index < -0.39 is 0 Å². The largest absolute Gasteiger partial charge is 0.377 e. The van der Waals surface area contributed by atoms with Gasteiger partial charge in [-0.2, -0.15) is 0 Å². The summed E-state index contributed by atoms with van der Waals surface area (Å²) in [5.41, 5.74) is 5.38. The first-order valence-corrected chi connectivity index (χ1v) is 5.68. The zero-order chi connectivity index (χ0) is 8.81. The average Bonchev–Trinajstić information content (AvgIpc) is 2.45. The highest BCUT2D eigenvalue weighted by Gasteiger charge is 1.94.